The van der Waals surface area contributed by atoms with Crippen molar-refractivity contribution in [2.45, 2.75) is 19.8 Å². The van der Waals surface area contributed by atoms with Crippen LogP contribution in [0.25, 0.3) is 0 Å². The van der Waals surface area contributed by atoms with Crippen molar-refractivity contribution in [3.63, 3.8) is 0 Å². The lowest BCUT2D eigenvalue weighted by Gasteiger charge is -2.03. The summed E-state index contributed by atoms with van der Waals surface area (Å²) in [6, 6.07) is 0. The number of nitrogens with two attached hydrogens (primary N) is 1. The summed E-state index contributed by atoms with van der Waals surface area (Å²) < 4.78 is 0. The number of hydrogen-bond acceptors (Lipinski definition) is 4. The standard InChI is InChI=1S/C10H18N4OS/c1-7-8(11)9(14-13-7)10(15)12-5-3-4-6-16-2/h3-6,11H2,1-2H3,(H,12,15)(H,13,14). The molecule has 0 radical (unpaired) electrons. The highest BCUT2D eigenvalue weighted by Gasteiger charge is 2.14. The molecule has 1 amide bonds. The third-order valence-electron chi connectivity index (χ3n) is 2.27. The van der Waals surface area contributed by atoms with Gasteiger partial charge in [0, 0.05) is 6.54 Å². The fraction of sp³-hybridized carbons (Fsp3) is 0.600. The maximum Gasteiger partial charge on any atom is 0.273 e. The molecule has 1 aromatic rings. The minimum Gasteiger partial charge on any atom is -0.395 e. The minimum atomic E-state index is -0.203. The SMILES string of the molecule is CSCCCCNC(=O)c1n[nH]c(C)c1N. The van der Waals surface area contributed by atoms with Crippen LogP contribution in [-0.4, -0.2) is 34.7 Å². The molecule has 0 bridgehead atoms. The number of aromatic amines is 1. The Balaban J connectivity index is 2.33. The van der Waals surface area contributed by atoms with E-state index in [4.69, 9.17) is 5.73 Å². The number of aromatic nitrogens is 2. The highest BCUT2D eigenvalue weighted by molar-refractivity contribution is 7.98. The summed E-state index contributed by atoms with van der Waals surface area (Å²) in [7, 11) is 0. The molecule has 0 saturated carbocycles. The second-order valence-corrected chi connectivity index (χ2v) is 4.55. The van der Waals surface area contributed by atoms with Gasteiger partial charge in [-0.05, 0) is 31.8 Å². The first-order valence-corrected chi connectivity index (χ1v) is 6.63. The monoisotopic (exact) mass is 242 g/mol. The maximum absolute atomic E-state index is 11.6. The molecule has 0 fully saturated rings. The van der Waals surface area contributed by atoms with Crippen LogP contribution in [0.15, 0.2) is 0 Å². The van der Waals surface area contributed by atoms with Crippen molar-refractivity contribution in [2.75, 3.05) is 24.3 Å². The Morgan fingerprint density at radius 3 is 2.88 bits per heavy atom. The summed E-state index contributed by atoms with van der Waals surface area (Å²) in [4.78, 5) is 11.6. The lowest BCUT2D eigenvalue weighted by Crippen LogP contribution is -2.25. The molecule has 0 unspecified atom stereocenters. The number of nitrogens with zero attached hydrogens (tertiary/aromatic N) is 1. The molecule has 1 heterocycles. The second-order valence-electron chi connectivity index (χ2n) is 3.57. The van der Waals surface area contributed by atoms with Crippen LogP contribution in [0.5, 0.6) is 0 Å². The summed E-state index contributed by atoms with van der Waals surface area (Å²) >= 11 is 1.81. The summed E-state index contributed by atoms with van der Waals surface area (Å²) in [6.45, 7) is 2.46. The fourth-order valence-corrected chi connectivity index (χ4v) is 1.76. The van der Waals surface area contributed by atoms with Crippen LogP contribution in [0.3, 0.4) is 0 Å². The molecule has 0 atom stereocenters. The predicted molar refractivity (Wildman–Crippen MR) is 67.7 cm³/mol. The fourth-order valence-electron chi connectivity index (χ4n) is 1.27. The van der Waals surface area contributed by atoms with Gasteiger partial charge in [0.05, 0.1) is 11.4 Å². The molecule has 0 aliphatic rings. The van der Waals surface area contributed by atoms with Crippen LogP contribution in [0.2, 0.25) is 0 Å². The number of nitrogen functional groups attached to an aromatic ring is 1. The van der Waals surface area contributed by atoms with Gasteiger partial charge >= 0.3 is 0 Å². The van der Waals surface area contributed by atoms with Crippen LogP contribution in [0.1, 0.15) is 29.0 Å². The Bertz CT molecular complexity index is 351. The first-order chi connectivity index (χ1) is 7.66. The van der Waals surface area contributed by atoms with Crippen molar-refractivity contribution in [1.82, 2.24) is 15.5 Å². The molecule has 0 saturated heterocycles. The molecular weight excluding hydrogens is 224 g/mol. The van der Waals surface area contributed by atoms with E-state index in [1.165, 1.54) is 0 Å². The third-order valence-corrected chi connectivity index (χ3v) is 2.97. The number of unbranched alkanes of at least 4 members (excludes halogenated alkanes) is 1. The van der Waals surface area contributed by atoms with Gasteiger partial charge in [-0.25, -0.2) is 0 Å². The third kappa shape index (κ3) is 3.44. The Morgan fingerprint density at radius 2 is 2.31 bits per heavy atom. The van der Waals surface area contributed by atoms with Gasteiger partial charge in [0.15, 0.2) is 5.69 Å². The zero-order chi connectivity index (χ0) is 12.0. The number of hydrogen-bond donors (Lipinski definition) is 3. The topological polar surface area (TPSA) is 83.8 Å². The van der Waals surface area contributed by atoms with E-state index in [1.807, 2.05) is 11.8 Å². The van der Waals surface area contributed by atoms with E-state index in [1.54, 1.807) is 6.92 Å². The van der Waals surface area contributed by atoms with Crippen LogP contribution in [0.4, 0.5) is 5.69 Å². The van der Waals surface area contributed by atoms with Gasteiger partial charge < -0.3 is 11.1 Å². The van der Waals surface area contributed by atoms with E-state index in [0.717, 1.165) is 24.3 Å². The predicted octanol–water partition coefficient (Wildman–Crippen LogP) is 1.17. The van der Waals surface area contributed by atoms with E-state index in [9.17, 15) is 4.79 Å². The summed E-state index contributed by atoms with van der Waals surface area (Å²) in [6.07, 6.45) is 4.16. The highest BCUT2D eigenvalue weighted by atomic mass is 32.2. The first kappa shape index (κ1) is 12.9. The summed E-state index contributed by atoms with van der Waals surface area (Å²) in [5, 5.41) is 9.35. The Kier molecular flexibility index (Phi) is 5.18. The molecule has 6 heteroatoms. The molecule has 5 nitrogen and oxygen atoms in total. The van der Waals surface area contributed by atoms with Crippen LogP contribution in [0, 0.1) is 6.92 Å². The number of aryl methyl sites for hydroxylation is 1. The normalized spacial score (nSPS) is 10.4. The number of thioether (sulfide) groups is 1. The van der Waals surface area contributed by atoms with Crippen molar-refractivity contribution >= 4 is 23.4 Å². The zero-order valence-corrected chi connectivity index (χ0v) is 10.5. The molecule has 1 aromatic heterocycles. The van der Waals surface area contributed by atoms with Crippen LogP contribution in [-0.2, 0) is 0 Å². The Morgan fingerprint density at radius 1 is 1.56 bits per heavy atom. The van der Waals surface area contributed by atoms with Crippen molar-refractivity contribution < 1.29 is 4.79 Å². The van der Waals surface area contributed by atoms with Gasteiger partial charge in [0.1, 0.15) is 0 Å². The largest absolute Gasteiger partial charge is 0.395 e. The number of anilines is 1. The number of H-pyrrole nitrogens is 1. The molecule has 4 N–H and O–H groups in total. The van der Waals surface area contributed by atoms with E-state index in [2.05, 4.69) is 21.8 Å². The molecule has 1 rings (SSSR count). The van der Waals surface area contributed by atoms with Crippen molar-refractivity contribution in [3.8, 4) is 0 Å². The van der Waals surface area contributed by atoms with Gasteiger partial charge in [-0.2, -0.15) is 16.9 Å². The van der Waals surface area contributed by atoms with Crippen molar-refractivity contribution in [2.24, 2.45) is 0 Å². The van der Waals surface area contributed by atoms with Crippen molar-refractivity contribution in [1.29, 1.82) is 0 Å². The summed E-state index contributed by atoms with van der Waals surface area (Å²) in [5.74, 6) is 0.922. The average Bonchev–Trinajstić information content (AvgIpc) is 2.59. The molecule has 90 valence electrons. The summed E-state index contributed by atoms with van der Waals surface area (Å²) in [5.41, 5.74) is 7.15. The number of amides is 1. The smallest absolute Gasteiger partial charge is 0.273 e. The molecule has 0 aromatic carbocycles. The van der Waals surface area contributed by atoms with Crippen molar-refractivity contribution in [3.05, 3.63) is 11.4 Å². The molecular formula is C10H18N4OS. The number of carbonyl (C=O) groups is 1. The first-order valence-electron chi connectivity index (χ1n) is 5.24. The zero-order valence-electron chi connectivity index (χ0n) is 9.67. The van der Waals surface area contributed by atoms with Crippen LogP contribution < -0.4 is 11.1 Å². The van der Waals surface area contributed by atoms with Gasteiger partial charge in [-0.1, -0.05) is 0 Å². The van der Waals surface area contributed by atoms with E-state index in [0.29, 0.717) is 17.9 Å². The van der Waals surface area contributed by atoms with Gasteiger partial charge in [-0.3, -0.25) is 9.89 Å². The minimum absolute atomic E-state index is 0.203. The highest BCUT2D eigenvalue weighted by Crippen LogP contribution is 2.11. The van der Waals surface area contributed by atoms with E-state index in [-0.39, 0.29) is 5.91 Å². The average molecular weight is 242 g/mol. The Labute approximate surface area is 99.6 Å². The van der Waals surface area contributed by atoms with Gasteiger partial charge in [0.25, 0.3) is 5.91 Å². The second kappa shape index (κ2) is 6.42. The van der Waals surface area contributed by atoms with Crippen LogP contribution >= 0.6 is 11.8 Å². The molecule has 16 heavy (non-hydrogen) atoms. The van der Waals surface area contributed by atoms with E-state index >= 15 is 0 Å². The van der Waals surface area contributed by atoms with E-state index < -0.39 is 0 Å². The molecule has 0 aliphatic heterocycles. The number of nitrogens with one attached hydrogen (secondary N) is 2. The molecule has 0 aliphatic carbocycles. The number of rotatable bonds is 6. The van der Waals surface area contributed by atoms with Gasteiger partial charge in [0.2, 0.25) is 0 Å². The lowest BCUT2D eigenvalue weighted by molar-refractivity contribution is 0.0949. The van der Waals surface area contributed by atoms with Gasteiger partial charge in [-0.15, -0.1) is 0 Å². The quantitative estimate of drug-likeness (QED) is 0.654. The maximum atomic E-state index is 11.6. The Hall–Kier alpha value is -1.17. The molecule has 0 spiro atoms. The number of carbonyl (C=O) groups excluding carboxylic acids is 1. The lowest BCUT2D eigenvalue weighted by atomic mass is 10.3.